The molecule has 0 saturated carbocycles. The Morgan fingerprint density at radius 2 is 2.19 bits per heavy atom. The summed E-state index contributed by atoms with van der Waals surface area (Å²) >= 11 is 3.35. The lowest BCUT2D eigenvalue weighted by molar-refractivity contribution is 0.0500. The van der Waals surface area contributed by atoms with Crippen LogP contribution in [0.2, 0.25) is 0 Å². The van der Waals surface area contributed by atoms with Crippen molar-refractivity contribution in [1.82, 2.24) is 10.3 Å². The van der Waals surface area contributed by atoms with E-state index in [4.69, 9.17) is 4.74 Å². The number of carbonyl (C=O) groups is 1. The molecule has 0 aliphatic carbocycles. The van der Waals surface area contributed by atoms with Crippen LogP contribution in [-0.2, 0) is 4.74 Å². The predicted octanol–water partition coefficient (Wildman–Crippen LogP) is 4.63. The maximum Gasteiger partial charge on any atom is 0.407 e. The number of rotatable bonds is 2. The molecule has 0 unspecified atom stereocenters. The Morgan fingerprint density at radius 3 is 2.92 bits per heavy atom. The van der Waals surface area contributed by atoms with E-state index in [1.165, 1.54) is 6.07 Å². The third-order valence-corrected chi connectivity index (χ3v) is 4.68. The average molecular weight is 424 g/mol. The number of piperidine rings is 1. The van der Waals surface area contributed by atoms with Crippen molar-refractivity contribution in [1.29, 1.82) is 0 Å². The number of hydrogen-bond donors (Lipinski definition) is 1. The first-order valence-corrected chi connectivity index (χ1v) is 9.50. The van der Waals surface area contributed by atoms with Crippen molar-refractivity contribution in [2.24, 2.45) is 0 Å². The fourth-order valence-electron chi connectivity index (χ4n) is 3.23. The zero-order chi connectivity index (χ0) is 18.9. The minimum absolute atomic E-state index is 0.0150. The Bertz CT molecular complexity index is 822. The molecule has 1 aromatic heterocycles. The van der Waals surface area contributed by atoms with Gasteiger partial charge in [-0.15, -0.1) is 0 Å². The summed E-state index contributed by atoms with van der Waals surface area (Å²) in [5.41, 5.74) is 0.752. The summed E-state index contributed by atoms with van der Waals surface area (Å²) in [6.45, 7) is 7.02. The minimum atomic E-state index is -0.524. The molecule has 26 heavy (non-hydrogen) atoms. The lowest BCUT2D eigenvalue weighted by Gasteiger charge is -2.35. The van der Waals surface area contributed by atoms with Crippen molar-refractivity contribution >= 4 is 38.6 Å². The first-order chi connectivity index (χ1) is 12.2. The van der Waals surface area contributed by atoms with Crippen molar-refractivity contribution in [3.05, 3.63) is 34.7 Å². The fourth-order valence-corrected chi connectivity index (χ4v) is 3.66. The van der Waals surface area contributed by atoms with E-state index in [-0.39, 0.29) is 11.9 Å². The first-order valence-electron chi connectivity index (χ1n) is 8.71. The van der Waals surface area contributed by atoms with Gasteiger partial charge in [0.1, 0.15) is 11.1 Å². The highest BCUT2D eigenvalue weighted by atomic mass is 79.9. The highest BCUT2D eigenvalue weighted by Crippen LogP contribution is 2.31. The molecule has 1 amide bonds. The largest absolute Gasteiger partial charge is 0.444 e. The van der Waals surface area contributed by atoms with E-state index in [0.717, 1.165) is 30.5 Å². The number of carbonyl (C=O) groups excluding carboxylic acids is 1. The van der Waals surface area contributed by atoms with Gasteiger partial charge >= 0.3 is 6.09 Å². The summed E-state index contributed by atoms with van der Waals surface area (Å²) in [7, 11) is 0. The zero-order valence-electron chi connectivity index (χ0n) is 15.2. The number of nitrogens with zero attached hydrogens (tertiary/aromatic N) is 2. The van der Waals surface area contributed by atoms with Gasteiger partial charge in [-0.2, -0.15) is 0 Å². The van der Waals surface area contributed by atoms with E-state index < -0.39 is 11.7 Å². The summed E-state index contributed by atoms with van der Waals surface area (Å²) < 4.78 is 20.2. The molecule has 1 N–H and O–H groups in total. The van der Waals surface area contributed by atoms with E-state index >= 15 is 0 Å². The molecule has 1 aromatic carbocycles. The Hall–Kier alpha value is -1.89. The van der Waals surface area contributed by atoms with Crippen LogP contribution < -0.4 is 10.2 Å². The number of benzene rings is 1. The van der Waals surface area contributed by atoms with Gasteiger partial charge in [0.15, 0.2) is 5.82 Å². The van der Waals surface area contributed by atoms with Crippen LogP contribution in [0.4, 0.5) is 14.9 Å². The van der Waals surface area contributed by atoms with Gasteiger partial charge in [0, 0.05) is 40.9 Å². The van der Waals surface area contributed by atoms with Gasteiger partial charge in [0.2, 0.25) is 0 Å². The van der Waals surface area contributed by atoms with Crippen molar-refractivity contribution < 1.29 is 13.9 Å². The van der Waals surface area contributed by atoms with E-state index in [1.807, 2.05) is 32.9 Å². The van der Waals surface area contributed by atoms with Crippen LogP contribution in [0, 0.1) is 5.82 Å². The Labute approximate surface area is 161 Å². The van der Waals surface area contributed by atoms with Gasteiger partial charge in [-0.1, -0.05) is 15.9 Å². The number of amides is 1. The summed E-state index contributed by atoms with van der Waals surface area (Å²) in [4.78, 5) is 18.4. The predicted molar refractivity (Wildman–Crippen MR) is 104 cm³/mol. The number of anilines is 1. The van der Waals surface area contributed by atoms with Crippen LogP contribution in [0.5, 0.6) is 0 Å². The van der Waals surface area contributed by atoms with Crippen LogP contribution in [0.15, 0.2) is 28.9 Å². The smallest absolute Gasteiger partial charge is 0.407 e. The molecule has 1 aliphatic heterocycles. The fraction of sp³-hybridized carbons (Fsp3) is 0.474. The number of hydrogen-bond acceptors (Lipinski definition) is 4. The maximum atomic E-state index is 14.2. The van der Waals surface area contributed by atoms with E-state index in [2.05, 4.69) is 31.1 Å². The van der Waals surface area contributed by atoms with Crippen molar-refractivity contribution in [3.63, 3.8) is 0 Å². The van der Waals surface area contributed by atoms with Crippen LogP contribution in [0.1, 0.15) is 33.6 Å². The summed E-state index contributed by atoms with van der Waals surface area (Å²) in [5, 5.41) is 3.71. The normalized spacial score (nSPS) is 18.0. The van der Waals surface area contributed by atoms with E-state index in [0.29, 0.717) is 16.5 Å². The second-order valence-electron chi connectivity index (χ2n) is 7.55. The number of halogens is 2. The second-order valence-corrected chi connectivity index (χ2v) is 8.46. The lowest BCUT2D eigenvalue weighted by atomic mass is 10.0. The van der Waals surface area contributed by atoms with Gasteiger partial charge in [-0.05, 0) is 51.8 Å². The highest BCUT2D eigenvalue weighted by molar-refractivity contribution is 9.10. The van der Waals surface area contributed by atoms with Crippen LogP contribution in [-0.4, -0.2) is 35.8 Å². The third kappa shape index (κ3) is 4.44. The van der Waals surface area contributed by atoms with E-state index in [1.54, 1.807) is 6.20 Å². The van der Waals surface area contributed by atoms with Gasteiger partial charge in [0.05, 0.1) is 0 Å². The summed E-state index contributed by atoms with van der Waals surface area (Å²) in [6.07, 6.45) is 3.04. The summed E-state index contributed by atoms with van der Waals surface area (Å²) in [5.74, 6) is -0.350. The average Bonchev–Trinajstić information content (AvgIpc) is 2.52. The summed E-state index contributed by atoms with van der Waals surface area (Å²) in [6, 6.07) is 5.18. The molecule has 1 saturated heterocycles. The Balaban J connectivity index is 1.80. The van der Waals surface area contributed by atoms with E-state index in [9.17, 15) is 9.18 Å². The zero-order valence-corrected chi connectivity index (χ0v) is 16.8. The van der Waals surface area contributed by atoms with Gasteiger partial charge in [-0.3, -0.25) is 4.98 Å². The number of ether oxygens (including phenoxy) is 1. The van der Waals surface area contributed by atoms with Crippen molar-refractivity contribution in [2.45, 2.75) is 45.3 Å². The topological polar surface area (TPSA) is 54.5 Å². The molecule has 0 spiro atoms. The Kier molecular flexibility index (Phi) is 5.37. The molecule has 7 heteroatoms. The van der Waals surface area contributed by atoms with Crippen molar-refractivity contribution in [2.75, 3.05) is 18.0 Å². The monoisotopic (exact) mass is 423 g/mol. The molecule has 2 aromatic rings. The quantitative estimate of drug-likeness (QED) is 0.764. The SMILES string of the molecule is CC(C)(C)OC(=O)N[C@@H]1CCCN(c2ccnc3c(F)cc(Br)cc23)C1. The highest BCUT2D eigenvalue weighted by Gasteiger charge is 2.25. The molecular weight excluding hydrogens is 401 g/mol. The molecule has 3 rings (SSSR count). The molecule has 0 bridgehead atoms. The molecule has 5 nitrogen and oxygen atoms in total. The molecule has 2 heterocycles. The van der Waals surface area contributed by atoms with Crippen LogP contribution in [0.25, 0.3) is 10.9 Å². The standard InChI is InChI=1S/C19H23BrFN3O2/c1-19(2,3)26-18(25)23-13-5-4-8-24(11-13)16-6-7-22-17-14(16)9-12(20)10-15(17)21/h6-7,9-10,13H,4-5,8,11H2,1-3H3,(H,23,25)/t13-/m1/s1. The van der Waals surface area contributed by atoms with Gasteiger partial charge in [0.25, 0.3) is 0 Å². The third-order valence-electron chi connectivity index (χ3n) is 4.22. The first kappa shape index (κ1) is 18.9. The second kappa shape index (κ2) is 7.39. The van der Waals surface area contributed by atoms with Crippen LogP contribution >= 0.6 is 15.9 Å². The van der Waals surface area contributed by atoms with Crippen LogP contribution in [0.3, 0.4) is 0 Å². The molecule has 1 fully saturated rings. The molecule has 0 radical (unpaired) electrons. The molecule has 1 atom stereocenters. The number of fused-ring (bicyclic) bond motifs is 1. The Morgan fingerprint density at radius 1 is 1.42 bits per heavy atom. The van der Waals surface area contributed by atoms with Crippen molar-refractivity contribution in [3.8, 4) is 0 Å². The number of alkyl carbamates (subject to hydrolysis) is 1. The molecule has 1 aliphatic rings. The number of aromatic nitrogens is 1. The number of pyridine rings is 1. The molecule has 140 valence electrons. The lowest BCUT2D eigenvalue weighted by Crippen LogP contribution is -2.49. The van der Waals surface area contributed by atoms with Gasteiger partial charge < -0.3 is 15.0 Å². The van der Waals surface area contributed by atoms with Gasteiger partial charge in [-0.25, -0.2) is 9.18 Å². The minimum Gasteiger partial charge on any atom is -0.444 e. The molecular formula is C19H23BrFN3O2. The number of nitrogens with one attached hydrogen (secondary N) is 1. The maximum absolute atomic E-state index is 14.2.